The molecule has 2 aromatic rings. The third-order valence-electron chi connectivity index (χ3n) is 7.30. The van der Waals surface area contributed by atoms with Crippen LogP contribution >= 0.6 is 11.6 Å². The van der Waals surface area contributed by atoms with Crippen molar-refractivity contribution in [3.63, 3.8) is 0 Å². The Kier molecular flexibility index (Phi) is 6.27. The van der Waals surface area contributed by atoms with Gasteiger partial charge >= 0.3 is 0 Å². The molecule has 10 heteroatoms. The highest BCUT2D eigenvalue weighted by atomic mass is 35.5. The van der Waals surface area contributed by atoms with E-state index in [1.165, 1.54) is 26.4 Å². The van der Waals surface area contributed by atoms with Gasteiger partial charge in [-0.1, -0.05) is 18.5 Å². The number of carbonyl (C=O) groups is 3. The fraction of sp³-hybridized carbons (Fsp3) is 0.370. The highest BCUT2D eigenvalue weighted by Crippen LogP contribution is 2.53. The van der Waals surface area contributed by atoms with Crippen molar-refractivity contribution in [1.29, 1.82) is 0 Å². The Labute approximate surface area is 219 Å². The van der Waals surface area contributed by atoms with Crippen LogP contribution in [-0.2, 0) is 9.59 Å². The molecule has 3 aliphatic rings. The number of carbonyl (C=O) groups excluding carboxylic acids is 3. The van der Waals surface area contributed by atoms with E-state index in [1.54, 1.807) is 20.1 Å². The SMILES string of the molecule is COc1ccc2c(c1)[C@H](CCNC1=CC(=O)[C@@]3(Oc4c(Cl)c(OC)cc(OC)c4C3=O)[C@H](C)C1)C(=O)N2. The predicted molar refractivity (Wildman–Crippen MR) is 136 cm³/mol. The second-order valence-corrected chi connectivity index (χ2v) is 9.69. The summed E-state index contributed by atoms with van der Waals surface area (Å²) < 4.78 is 22.0. The summed E-state index contributed by atoms with van der Waals surface area (Å²) in [6.45, 7) is 2.25. The number of hydrogen-bond acceptors (Lipinski definition) is 8. The second kappa shape index (κ2) is 9.30. The molecule has 0 fully saturated rings. The lowest BCUT2D eigenvalue weighted by Gasteiger charge is -2.35. The quantitative estimate of drug-likeness (QED) is 0.523. The molecule has 0 unspecified atom stereocenters. The van der Waals surface area contributed by atoms with E-state index >= 15 is 0 Å². The van der Waals surface area contributed by atoms with Crippen LogP contribution in [-0.4, -0.2) is 50.9 Å². The molecule has 194 valence electrons. The van der Waals surface area contributed by atoms with Gasteiger partial charge in [0.1, 0.15) is 27.8 Å². The van der Waals surface area contributed by atoms with Crippen molar-refractivity contribution in [2.45, 2.75) is 31.3 Å². The summed E-state index contributed by atoms with van der Waals surface area (Å²) in [4.78, 5) is 39.6. The topological polar surface area (TPSA) is 112 Å². The average molecular weight is 527 g/mol. The maximum atomic E-state index is 13.6. The van der Waals surface area contributed by atoms with E-state index in [-0.39, 0.29) is 39.7 Å². The van der Waals surface area contributed by atoms with E-state index in [0.29, 0.717) is 30.8 Å². The van der Waals surface area contributed by atoms with Gasteiger partial charge in [-0.2, -0.15) is 0 Å². The van der Waals surface area contributed by atoms with Crippen molar-refractivity contribution in [2.75, 3.05) is 33.2 Å². The van der Waals surface area contributed by atoms with E-state index in [9.17, 15) is 14.4 Å². The number of allylic oxidation sites excluding steroid dienone is 1. The van der Waals surface area contributed by atoms with Gasteiger partial charge in [0.05, 0.1) is 27.2 Å². The zero-order chi connectivity index (χ0) is 26.5. The summed E-state index contributed by atoms with van der Waals surface area (Å²) in [5.41, 5.74) is 0.754. The first-order chi connectivity index (χ1) is 17.7. The molecule has 2 N–H and O–H groups in total. The molecule has 37 heavy (non-hydrogen) atoms. The number of anilines is 1. The zero-order valence-corrected chi connectivity index (χ0v) is 21.7. The van der Waals surface area contributed by atoms with Crippen molar-refractivity contribution in [2.24, 2.45) is 5.92 Å². The summed E-state index contributed by atoms with van der Waals surface area (Å²) in [5, 5.41) is 6.28. The molecule has 0 radical (unpaired) electrons. The van der Waals surface area contributed by atoms with E-state index in [2.05, 4.69) is 10.6 Å². The van der Waals surface area contributed by atoms with Crippen LogP contribution < -0.4 is 29.6 Å². The van der Waals surface area contributed by atoms with Crippen LogP contribution in [0.5, 0.6) is 23.0 Å². The number of rotatable bonds is 7. The maximum Gasteiger partial charge on any atom is 0.236 e. The van der Waals surface area contributed by atoms with Crippen molar-refractivity contribution in [1.82, 2.24) is 5.32 Å². The van der Waals surface area contributed by atoms with Crippen LogP contribution in [0.25, 0.3) is 0 Å². The molecule has 2 aromatic carbocycles. The van der Waals surface area contributed by atoms with Crippen molar-refractivity contribution in [3.05, 3.63) is 52.2 Å². The van der Waals surface area contributed by atoms with Gasteiger partial charge in [-0.05, 0) is 36.6 Å². The second-order valence-electron chi connectivity index (χ2n) is 9.32. The molecule has 1 spiro atoms. The normalized spacial score (nSPS) is 23.7. The van der Waals surface area contributed by atoms with Gasteiger partial charge in [0.25, 0.3) is 0 Å². The smallest absolute Gasteiger partial charge is 0.236 e. The van der Waals surface area contributed by atoms with Crippen LogP contribution in [0.1, 0.15) is 41.6 Å². The highest BCUT2D eigenvalue weighted by molar-refractivity contribution is 6.36. The third kappa shape index (κ3) is 3.80. The van der Waals surface area contributed by atoms with Crippen molar-refractivity contribution < 1.29 is 33.3 Å². The van der Waals surface area contributed by atoms with Gasteiger partial charge in [-0.3, -0.25) is 14.4 Å². The number of fused-ring (bicyclic) bond motifs is 2. The fourth-order valence-corrected chi connectivity index (χ4v) is 5.61. The summed E-state index contributed by atoms with van der Waals surface area (Å²) in [5.74, 6) is -0.553. The lowest BCUT2D eigenvalue weighted by atomic mass is 9.74. The van der Waals surface area contributed by atoms with Gasteiger partial charge < -0.3 is 29.6 Å². The monoisotopic (exact) mass is 526 g/mol. The van der Waals surface area contributed by atoms with Crippen LogP contribution in [0.15, 0.2) is 36.0 Å². The number of ketones is 2. The summed E-state index contributed by atoms with van der Waals surface area (Å²) in [6, 6.07) is 7.01. The molecule has 0 saturated heterocycles. The average Bonchev–Trinajstić information content (AvgIpc) is 3.37. The molecule has 9 nitrogen and oxygen atoms in total. The van der Waals surface area contributed by atoms with Crippen LogP contribution in [0.3, 0.4) is 0 Å². The first-order valence-electron chi connectivity index (χ1n) is 11.9. The van der Waals surface area contributed by atoms with Crippen molar-refractivity contribution in [3.8, 4) is 23.0 Å². The number of amides is 1. The Morgan fingerprint density at radius 3 is 2.54 bits per heavy atom. The molecular weight excluding hydrogens is 500 g/mol. The number of Topliss-reactive ketones (excluding diaryl/α,β-unsaturated/α-hetero) is 1. The summed E-state index contributed by atoms with van der Waals surface area (Å²) >= 11 is 6.44. The highest BCUT2D eigenvalue weighted by Gasteiger charge is 2.60. The lowest BCUT2D eigenvalue weighted by Crippen LogP contribution is -2.55. The van der Waals surface area contributed by atoms with Crippen LogP contribution in [0, 0.1) is 5.92 Å². The van der Waals surface area contributed by atoms with Crippen molar-refractivity contribution >= 4 is 34.8 Å². The first-order valence-corrected chi connectivity index (χ1v) is 12.3. The standard InChI is InChI=1S/C27H27ClN2O7/c1-13-9-14(29-8-7-16-17-11-15(34-2)5-6-18(17)30-26(16)33)10-21(31)27(13)25(32)22-19(35-3)12-20(36-4)23(28)24(22)37-27/h5-6,10-13,16,29H,7-9H2,1-4H3,(H,30,33)/t13-,16+,27+/m1/s1. The Morgan fingerprint density at radius 1 is 1.11 bits per heavy atom. The fourth-order valence-electron chi connectivity index (χ4n) is 5.35. The molecule has 0 aromatic heterocycles. The van der Waals surface area contributed by atoms with Crippen LogP contribution in [0.4, 0.5) is 5.69 Å². The van der Waals surface area contributed by atoms with E-state index in [0.717, 1.165) is 11.3 Å². The predicted octanol–water partition coefficient (Wildman–Crippen LogP) is 3.89. The molecule has 0 bridgehead atoms. The Morgan fingerprint density at radius 2 is 1.86 bits per heavy atom. The molecule has 5 rings (SSSR count). The Balaban J connectivity index is 1.33. The van der Waals surface area contributed by atoms with Gasteiger partial charge in [-0.15, -0.1) is 0 Å². The van der Waals surface area contributed by atoms with E-state index in [1.807, 2.05) is 12.1 Å². The summed E-state index contributed by atoms with van der Waals surface area (Å²) in [6.07, 6.45) is 2.32. The summed E-state index contributed by atoms with van der Waals surface area (Å²) in [7, 11) is 4.45. The van der Waals surface area contributed by atoms with E-state index in [4.69, 9.17) is 30.5 Å². The molecule has 2 heterocycles. The molecular formula is C27H27ClN2O7. The minimum atomic E-state index is -1.72. The maximum absolute atomic E-state index is 13.6. The number of benzene rings is 2. The number of ether oxygens (including phenoxy) is 4. The van der Waals surface area contributed by atoms with Crippen LogP contribution in [0.2, 0.25) is 5.02 Å². The lowest BCUT2D eigenvalue weighted by molar-refractivity contribution is -0.129. The molecule has 3 atom stereocenters. The molecule has 2 aliphatic heterocycles. The van der Waals surface area contributed by atoms with Gasteiger partial charge in [-0.25, -0.2) is 0 Å². The van der Waals surface area contributed by atoms with E-state index < -0.39 is 23.1 Å². The minimum absolute atomic E-state index is 0.0740. The molecule has 1 aliphatic carbocycles. The van der Waals surface area contributed by atoms with Gasteiger partial charge in [0, 0.05) is 36.0 Å². The number of halogens is 1. The molecule has 1 amide bonds. The largest absolute Gasteiger partial charge is 0.497 e. The molecule has 0 saturated carbocycles. The Hall–Kier alpha value is -3.72. The number of hydrogen-bond donors (Lipinski definition) is 2. The number of methoxy groups -OCH3 is 3. The Bertz CT molecular complexity index is 1350. The third-order valence-corrected chi connectivity index (χ3v) is 7.66. The minimum Gasteiger partial charge on any atom is -0.497 e. The van der Waals surface area contributed by atoms with Gasteiger partial charge in [0.15, 0.2) is 5.75 Å². The zero-order valence-electron chi connectivity index (χ0n) is 20.9. The van der Waals surface area contributed by atoms with Gasteiger partial charge in [0.2, 0.25) is 23.1 Å². The first kappa shape index (κ1) is 25.0. The number of nitrogens with one attached hydrogen (secondary N) is 2.